The molecule has 1 heterocycles. The second kappa shape index (κ2) is 5.06. The summed E-state index contributed by atoms with van der Waals surface area (Å²) in [5.41, 5.74) is 7.75. The summed E-state index contributed by atoms with van der Waals surface area (Å²) in [4.78, 5) is 2.40. The lowest BCUT2D eigenvalue weighted by Gasteiger charge is -2.37. The first-order valence-electron chi connectivity index (χ1n) is 5.61. The lowest BCUT2D eigenvalue weighted by molar-refractivity contribution is 0.0929. The number of rotatable bonds is 2. The largest absolute Gasteiger partial charge is 0.399 e. The van der Waals surface area contributed by atoms with E-state index in [1.165, 1.54) is 5.69 Å². The van der Waals surface area contributed by atoms with E-state index in [9.17, 15) is 0 Å². The van der Waals surface area contributed by atoms with E-state index in [4.69, 9.17) is 10.5 Å². The first-order chi connectivity index (χ1) is 7.72. The number of halogens is 1. The molecule has 0 aliphatic carbocycles. The third kappa shape index (κ3) is 2.33. The van der Waals surface area contributed by atoms with Crippen molar-refractivity contribution in [1.82, 2.24) is 0 Å². The van der Waals surface area contributed by atoms with Crippen LogP contribution in [0.3, 0.4) is 0 Å². The average molecular weight is 285 g/mol. The molecule has 2 N–H and O–H groups in total. The number of morpholine rings is 1. The molecule has 0 spiro atoms. The molecule has 1 aromatic rings. The summed E-state index contributed by atoms with van der Waals surface area (Å²) in [7, 11) is 0. The lowest BCUT2D eigenvalue weighted by atomic mass is 10.1. The van der Waals surface area contributed by atoms with Gasteiger partial charge in [0.15, 0.2) is 0 Å². The quantitative estimate of drug-likeness (QED) is 0.849. The normalized spacial score (nSPS) is 21.1. The maximum Gasteiger partial charge on any atom is 0.0670 e. The molecule has 2 rings (SSSR count). The van der Waals surface area contributed by atoms with Crippen LogP contribution in [-0.2, 0) is 4.74 Å². The monoisotopic (exact) mass is 284 g/mol. The smallest absolute Gasteiger partial charge is 0.0670 e. The Hall–Kier alpha value is -0.740. The fourth-order valence-corrected chi connectivity index (χ4v) is 2.69. The van der Waals surface area contributed by atoms with Crippen LogP contribution in [0.25, 0.3) is 0 Å². The summed E-state index contributed by atoms with van der Waals surface area (Å²) in [6.07, 6.45) is 1.09. The van der Waals surface area contributed by atoms with Crippen molar-refractivity contribution < 1.29 is 4.74 Å². The summed E-state index contributed by atoms with van der Waals surface area (Å²) in [5, 5.41) is 0. The number of anilines is 2. The van der Waals surface area contributed by atoms with Crippen LogP contribution in [0, 0.1) is 0 Å². The zero-order chi connectivity index (χ0) is 11.5. The molecule has 0 bridgehead atoms. The van der Waals surface area contributed by atoms with E-state index in [1.807, 2.05) is 12.1 Å². The highest BCUT2D eigenvalue weighted by Crippen LogP contribution is 2.31. The van der Waals surface area contributed by atoms with Gasteiger partial charge in [0, 0.05) is 16.7 Å². The summed E-state index contributed by atoms with van der Waals surface area (Å²) >= 11 is 3.58. The van der Waals surface area contributed by atoms with Crippen LogP contribution >= 0.6 is 15.9 Å². The summed E-state index contributed by atoms with van der Waals surface area (Å²) < 4.78 is 6.57. The molecule has 1 unspecified atom stereocenters. The molecule has 16 heavy (non-hydrogen) atoms. The Kier molecular flexibility index (Phi) is 3.71. The van der Waals surface area contributed by atoms with Gasteiger partial charge < -0.3 is 15.4 Å². The van der Waals surface area contributed by atoms with E-state index in [1.54, 1.807) is 0 Å². The maximum atomic E-state index is 5.75. The number of benzene rings is 1. The Morgan fingerprint density at radius 2 is 2.38 bits per heavy atom. The van der Waals surface area contributed by atoms with Gasteiger partial charge in [0.25, 0.3) is 0 Å². The fraction of sp³-hybridized carbons (Fsp3) is 0.500. The van der Waals surface area contributed by atoms with Crippen LogP contribution < -0.4 is 10.6 Å². The number of nitrogens with two attached hydrogens (primary N) is 1. The van der Waals surface area contributed by atoms with Crippen molar-refractivity contribution in [1.29, 1.82) is 0 Å². The van der Waals surface area contributed by atoms with E-state index in [-0.39, 0.29) is 0 Å². The first kappa shape index (κ1) is 11.7. The summed E-state index contributed by atoms with van der Waals surface area (Å²) in [6.45, 7) is 4.75. The van der Waals surface area contributed by atoms with Crippen molar-refractivity contribution in [2.75, 3.05) is 30.4 Å². The van der Waals surface area contributed by atoms with Crippen LogP contribution in [0.4, 0.5) is 11.4 Å². The first-order valence-corrected chi connectivity index (χ1v) is 6.41. The van der Waals surface area contributed by atoms with Crippen molar-refractivity contribution in [3.8, 4) is 0 Å². The molecule has 1 aliphatic heterocycles. The van der Waals surface area contributed by atoms with Gasteiger partial charge in [0.1, 0.15) is 0 Å². The van der Waals surface area contributed by atoms with E-state index >= 15 is 0 Å². The standard InChI is InChI=1S/C12H17BrN2O/c1-2-10-8-16-6-5-15(10)12-4-3-9(14)7-11(12)13/h3-4,7,10H,2,5-6,8,14H2,1H3. The van der Waals surface area contributed by atoms with Gasteiger partial charge >= 0.3 is 0 Å². The number of hydrogen-bond acceptors (Lipinski definition) is 3. The topological polar surface area (TPSA) is 38.5 Å². The highest BCUT2D eigenvalue weighted by Gasteiger charge is 2.22. The zero-order valence-corrected chi connectivity index (χ0v) is 11.0. The fourth-order valence-electron chi connectivity index (χ4n) is 2.07. The van der Waals surface area contributed by atoms with Crippen LogP contribution in [0.1, 0.15) is 13.3 Å². The maximum absolute atomic E-state index is 5.75. The third-order valence-corrected chi connectivity index (χ3v) is 3.62. The second-order valence-electron chi connectivity index (χ2n) is 4.04. The molecule has 1 aliphatic rings. The van der Waals surface area contributed by atoms with Gasteiger partial charge in [0.2, 0.25) is 0 Å². The highest BCUT2D eigenvalue weighted by atomic mass is 79.9. The molecule has 0 amide bonds. The van der Waals surface area contributed by atoms with Crippen LogP contribution in [0.15, 0.2) is 22.7 Å². The number of nitrogen functional groups attached to an aromatic ring is 1. The molecule has 88 valence electrons. The SMILES string of the molecule is CCC1COCCN1c1ccc(N)cc1Br. The van der Waals surface area contributed by atoms with Gasteiger partial charge in [-0.2, -0.15) is 0 Å². The molecule has 3 nitrogen and oxygen atoms in total. The Morgan fingerprint density at radius 3 is 3.06 bits per heavy atom. The van der Waals surface area contributed by atoms with Gasteiger partial charge in [-0.1, -0.05) is 6.92 Å². The van der Waals surface area contributed by atoms with E-state index in [2.05, 4.69) is 33.8 Å². The van der Waals surface area contributed by atoms with E-state index in [0.717, 1.165) is 36.3 Å². The van der Waals surface area contributed by atoms with Crippen molar-refractivity contribution in [3.63, 3.8) is 0 Å². The van der Waals surface area contributed by atoms with Crippen LogP contribution in [0.5, 0.6) is 0 Å². The minimum absolute atomic E-state index is 0.466. The molecule has 1 saturated heterocycles. The second-order valence-corrected chi connectivity index (χ2v) is 4.90. The highest BCUT2D eigenvalue weighted by molar-refractivity contribution is 9.10. The van der Waals surface area contributed by atoms with Crippen molar-refractivity contribution in [2.24, 2.45) is 0 Å². The Bertz CT molecular complexity index is 370. The number of nitrogens with zero attached hydrogens (tertiary/aromatic N) is 1. The molecular formula is C12H17BrN2O. The third-order valence-electron chi connectivity index (χ3n) is 2.98. The van der Waals surface area contributed by atoms with Gasteiger partial charge in [0.05, 0.1) is 24.9 Å². The Balaban J connectivity index is 2.27. The number of ether oxygens (including phenoxy) is 1. The molecule has 0 saturated carbocycles. The molecule has 4 heteroatoms. The lowest BCUT2D eigenvalue weighted by Crippen LogP contribution is -2.45. The number of hydrogen-bond donors (Lipinski definition) is 1. The van der Waals surface area contributed by atoms with E-state index in [0.29, 0.717) is 6.04 Å². The minimum atomic E-state index is 0.466. The summed E-state index contributed by atoms with van der Waals surface area (Å²) in [5.74, 6) is 0. The zero-order valence-electron chi connectivity index (χ0n) is 9.45. The predicted octanol–water partition coefficient (Wildman–Crippen LogP) is 2.65. The van der Waals surface area contributed by atoms with Gasteiger partial charge in [-0.15, -0.1) is 0 Å². The average Bonchev–Trinajstić information content (AvgIpc) is 2.29. The molecule has 1 aromatic carbocycles. The van der Waals surface area contributed by atoms with Gasteiger partial charge in [-0.3, -0.25) is 0 Å². The molecule has 0 aromatic heterocycles. The van der Waals surface area contributed by atoms with Crippen LogP contribution in [-0.4, -0.2) is 25.8 Å². The van der Waals surface area contributed by atoms with E-state index < -0.39 is 0 Å². The van der Waals surface area contributed by atoms with Crippen molar-refractivity contribution >= 4 is 27.3 Å². The Morgan fingerprint density at radius 1 is 1.56 bits per heavy atom. The molecular weight excluding hydrogens is 268 g/mol. The van der Waals surface area contributed by atoms with Crippen molar-refractivity contribution in [3.05, 3.63) is 22.7 Å². The van der Waals surface area contributed by atoms with Gasteiger partial charge in [-0.25, -0.2) is 0 Å². The molecule has 1 fully saturated rings. The minimum Gasteiger partial charge on any atom is -0.399 e. The van der Waals surface area contributed by atoms with Crippen LogP contribution in [0.2, 0.25) is 0 Å². The summed E-state index contributed by atoms with van der Waals surface area (Å²) in [6, 6.07) is 6.45. The molecule has 0 radical (unpaired) electrons. The van der Waals surface area contributed by atoms with Crippen molar-refractivity contribution in [2.45, 2.75) is 19.4 Å². The Labute approximate surface area is 105 Å². The molecule has 1 atom stereocenters. The van der Waals surface area contributed by atoms with Gasteiger partial charge in [-0.05, 0) is 40.5 Å². The predicted molar refractivity (Wildman–Crippen MR) is 70.8 cm³/mol.